The Morgan fingerprint density at radius 3 is 2.65 bits per heavy atom. The third-order valence-electron chi connectivity index (χ3n) is 3.35. The molecule has 3 rings (SSSR count). The first-order valence-electron chi connectivity index (χ1n) is 6.86. The van der Waals surface area contributed by atoms with E-state index in [9.17, 15) is 14.0 Å². The van der Waals surface area contributed by atoms with Crippen molar-refractivity contribution in [2.75, 3.05) is 0 Å². The molecular formula is C16H12FN3O2S. The number of H-pyrrole nitrogens is 1. The molecule has 0 radical (unpaired) electrons. The Hall–Kier alpha value is -2.67. The molecule has 1 N–H and O–H groups in total. The number of hydrogen-bond acceptors (Lipinski definition) is 5. The summed E-state index contributed by atoms with van der Waals surface area (Å²) in [5.74, 6) is -1.56. The lowest BCUT2D eigenvalue weighted by Gasteiger charge is -2.03. The Morgan fingerprint density at radius 2 is 1.96 bits per heavy atom. The van der Waals surface area contributed by atoms with Crippen LogP contribution in [0.2, 0.25) is 0 Å². The zero-order chi connectivity index (χ0) is 16.2. The number of Topliss-reactive ketones (excluding diaryl/α,β-unsaturated/α-hetero) is 2. The summed E-state index contributed by atoms with van der Waals surface area (Å²) in [6.45, 7) is 0. The Labute approximate surface area is 135 Å². The third kappa shape index (κ3) is 3.57. The van der Waals surface area contributed by atoms with E-state index in [4.69, 9.17) is 0 Å². The number of nitrogens with zero attached hydrogens (tertiary/aromatic N) is 2. The largest absolute Gasteiger partial charge is 0.290 e. The van der Waals surface area contributed by atoms with Gasteiger partial charge in [-0.25, -0.2) is 9.37 Å². The molecule has 0 aliphatic carbocycles. The summed E-state index contributed by atoms with van der Waals surface area (Å²) in [6, 6.07) is 8.05. The molecule has 0 atom stereocenters. The SMILES string of the molecule is O=C(Cc1ccsc1Cc1ccc(F)cc1)C(=O)c1ncn[nH]1. The Morgan fingerprint density at radius 1 is 1.17 bits per heavy atom. The predicted octanol–water partition coefficient (Wildman–Crippen LogP) is 2.59. The molecule has 0 fully saturated rings. The van der Waals surface area contributed by atoms with E-state index in [0.29, 0.717) is 6.42 Å². The molecule has 2 heterocycles. The van der Waals surface area contributed by atoms with Gasteiger partial charge in [-0.2, -0.15) is 5.10 Å². The number of nitrogens with one attached hydrogen (secondary N) is 1. The molecule has 0 saturated carbocycles. The minimum atomic E-state index is -0.679. The van der Waals surface area contributed by atoms with Crippen molar-refractivity contribution >= 4 is 22.9 Å². The van der Waals surface area contributed by atoms with E-state index in [1.165, 1.54) is 29.8 Å². The average Bonchev–Trinajstić information content (AvgIpc) is 3.21. The molecule has 0 aliphatic rings. The predicted molar refractivity (Wildman–Crippen MR) is 82.9 cm³/mol. The summed E-state index contributed by atoms with van der Waals surface area (Å²) in [4.78, 5) is 28.7. The molecule has 116 valence electrons. The number of thiophene rings is 1. The van der Waals surface area contributed by atoms with E-state index >= 15 is 0 Å². The van der Waals surface area contributed by atoms with Crippen molar-refractivity contribution in [2.45, 2.75) is 12.8 Å². The van der Waals surface area contributed by atoms with Gasteiger partial charge in [0.25, 0.3) is 5.78 Å². The van der Waals surface area contributed by atoms with Crippen molar-refractivity contribution in [3.8, 4) is 0 Å². The standard InChI is InChI=1S/C16H12FN3O2S/c17-12-3-1-10(2-4-12)7-14-11(5-6-23-14)8-13(21)15(22)16-18-9-19-20-16/h1-6,9H,7-8H2,(H,18,19,20). The lowest BCUT2D eigenvalue weighted by molar-refractivity contribution is -0.114. The van der Waals surface area contributed by atoms with Crippen molar-refractivity contribution in [3.63, 3.8) is 0 Å². The van der Waals surface area contributed by atoms with Crippen molar-refractivity contribution in [3.05, 3.63) is 69.7 Å². The number of ketones is 2. The summed E-state index contributed by atoms with van der Waals surface area (Å²) >= 11 is 1.51. The number of carbonyl (C=O) groups excluding carboxylic acids is 2. The molecule has 0 bridgehead atoms. The van der Waals surface area contributed by atoms with Gasteiger partial charge in [-0.05, 0) is 34.7 Å². The van der Waals surface area contributed by atoms with Gasteiger partial charge in [-0.3, -0.25) is 14.7 Å². The molecule has 23 heavy (non-hydrogen) atoms. The van der Waals surface area contributed by atoms with Gasteiger partial charge in [0, 0.05) is 17.7 Å². The van der Waals surface area contributed by atoms with E-state index in [1.54, 1.807) is 12.1 Å². The maximum absolute atomic E-state index is 12.9. The van der Waals surface area contributed by atoms with Gasteiger partial charge in [0.15, 0.2) is 5.82 Å². The van der Waals surface area contributed by atoms with E-state index in [-0.39, 0.29) is 18.1 Å². The van der Waals surface area contributed by atoms with Crippen LogP contribution in [-0.4, -0.2) is 26.7 Å². The zero-order valence-corrected chi connectivity index (χ0v) is 12.8. The molecule has 0 unspecified atom stereocenters. The molecule has 0 saturated heterocycles. The second-order valence-corrected chi connectivity index (χ2v) is 5.94. The second kappa shape index (κ2) is 6.62. The second-order valence-electron chi connectivity index (χ2n) is 4.94. The number of aromatic nitrogens is 3. The van der Waals surface area contributed by atoms with Crippen molar-refractivity contribution in [1.82, 2.24) is 15.2 Å². The van der Waals surface area contributed by atoms with Gasteiger partial charge in [0.1, 0.15) is 12.1 Å². The third-order valence-corrected chi connectivity index (χ3v) is 4.31. The molecule has 0 aliphatic heterocycles. The van der Waals surface area contributed by atoms with Crippen molar-refractivity contribution in [2.24, 2.45) is 0 Å². The Kier molecular flexibility index (Phi) is 4.38. The van der Waals surface area contributed by atoms with Crippen LogP contribution in [0.25, 0.3) is 0 Å². The van der Waals surface area contributed by atoms with Crippen LogP contribution in [0.4, 0.5) is 4.39 Å². The topological polar surface area (TPSA) is 75.7 Å². The highest BCUT2D eigenvalue weighted by molar-refractivity contribution is 7.10. The normalized spacial score (nSPS) is 10.7. The van der Waals surface area contributed by atoms with Gasteiger partial charge < -0.3 is 0 Å². The molecule has 7 heteroatoms. The van der Waals surface area contributed by atoms with Gasteiger partial charge in [0.2, 0.25) is 5.78 Å². The average molecular weight is 329 g/mol. The maximum atomic E-state index is 12.9. The van der Waals surface area contributed by atoms with Crippen LogP contribution in [0.15, 0.2) is 42.0 Å². The van der Waals surface area contributed by atoms with Gasteiger partial charge in [0.05, 0.1) is 0 Å². The first-order chi connectivity index (χ1) is 11.1. The van der Waals surface area contributed by atoms with Crippen LogP contribution in [0.1, 0.15) is 26.6 Å². The monoisotopic (exact) mass is 329 g/mol. The lowest BCUT2D eigenvalue weighted by Crippen LogP contribution is -2.18. The molecule has 5 nitrogen and oxygen atoms in total. The van der Waals surface area contributed by atoms with Crippen LogP contribution in [-0.2, 0) is 17.6 Å². The first kappa shape index (κ1) is 15.2. The van der Waals surface area contributed by atoms with Gasteiger partial charge in [-0.1, -0.05) is 12.1 Å². The number of aromatic amines is 1. The summed E-state index contributed by atoms with van der Waals surface area (Å²) in [7, 11) is 0. The van der Waals surface area contributed by atoms with E-state index in [2.05, 4.69) is 15.2 Å². The van der Waals surface area contributed by atoms with Crippen LogP contribution >= 0.6 is 11.3 Å². The highest BCUT2D eigenvalue weighted by Crippen LogP contribution is 2.22. The number of carbonyl (C=O) groups is 2. The van der Waals surface area contributed by atoms with E-state index < -0.39 is 11.6 Å². The highest BCUT2D eigenvalue weighted by Gasteiger charge is 2.20. The van der Waals surface area contributed by atoms with E-state index in [0.717, 1.165) is 16.0 Å². The lowest BCUT2D eigenvalue weighted by atomic mass is 10.0. The fourth-order valence-electron chi connectivity index (χ4n) is 2.17. The summed E-state index contributed by atoms with van der Waals surface area (Å²) in [5, 5.41) is 7.83. The summed E-state index contributed by atoms with van der Waals surface area (Å²) < 4.78 is 12.9. The fraction of sp³-hybridized carbons (Fsp3) is 0.125. The van der Waals surface area contributed by atoms with E-state index in [1.807, 2.05) is 11.4 Å². The molecule has 1 aromatic carbocycles. The number of hydrogen-bond donors (Lipinski definition) is 1. The number of halogens is 1. The van der Waals surface area contributed by atoms with Crippen LogP contribution in [0.3, 0.4) is 0 Å². The quantitative estimate of drug-likeness (QED) is 0.557. The minimum absolute atomic E-state index is 0.0135. The Bertz CT molecular complexity index is 825. The molecular weight excluding hydrogens is 317 g/mol. The van der Waals surface area contributed by atoms with Crippen LogP contribution in [0.5, 0.6) is 0 Å². The van der Waals surface area contributed by atoms with Crippen LogP contribution < -0.4 is 0 Å². The fourth-order valence-corrected chi connectivity index (χ4v) is 3.11. The summed E-state index contributed by atoms with van der Waals surface area (Å²) in [5.41, 5.74) is 1.75. The van der Waals surface area contributed by atoms with Crippen molar-refractivity contribution < 1.29 is 14.0 Å². The van der Waals surface area contributed by atoms with Crippen molar-refractivity contribution in [1.29, 1.82) is 0 Å². The zero-order valence-electron chi connectivity index (χ0n) is 12.0. The van der Waals surface area contributed by atoms with Gasteiger partial charge in [-0.15, -0.1) is 11.3 Å². The summed E-state index contributed by atoms with van der Waals surface area (Å²) in [6.07, 6.45) is 1.79. The smallest absolute Gasteiger partial charge is 0.265 e. The Balaban J connectivity index is 1.72. The minimum Gasteiger partial charge on any atom is -0.290 e. The molecule has 0 amide bonds. The highest BCUT2D eigenvalue weighted by atomic mass is 32.1. The molecule has 2 aromatic heterocycles. The number of rotatable bonds is 6. The van der Waals surface area contributed by atoms with Gasteiger partial charge >= 0.3 is 0 Å². The first-order valence-corrected chi connectivity index (χ1v) is 7.74. The van der Waals surface area contributed by atoms with Crippen LogP contribution in [0, 0.1) is 5.82 Å². The molecule has 0 spiro atoms. The number of benzene rings is 1. The maximum Gasteiger partial charge on any atom is 0.265 e. The molecule has 3 aromatic rings.